The Morgan fingerprint density at radius 3 is 2.24 bits per heavy atom. The number of amides is 1. The fourth-order valence-corrected chi connectivity index (χ4v) is 3.34. The van der Waals surface area contributed by atoms with Crippen molar-refractivity contribution in [3.05, 3.63) is 0 Å². The van der Waals surface area contributed by atoms with E-state index in [0.717, 1.165) is 19.1 Å². The predicted octanol–water partition coefficient (Wildman–Crippen LogP) is 1.65. The van der Waals surface area contributed by atoms with Gasteiger partial charge in [0, 0.05) is 12.8 Å². The summed E-state index contributed by atoms with van der Waals surface area (Å²) in [5.74, 6) is -0.280. The number of carbonyl (C=O) groups is 1. The van der Waals surface area contributed by atoms with Crippen LogP contribution in [0.1, 0.15) is 51.9 Å². The molecular formula is C14H29ClN2O3S. The van der Waals surface area contributed by atoms with Crippen molar-refractivity contribution < 1.29 is 13.2 Å². The molecule has 0 aromatic heterocycles. The molecule has 0 aliphatic heterocycles. The lowest BCUT2D eigenvalue weighted by atomic mass is 9.82. The third-order valence-corrected chi connectivity index (χ3v) is 5.11. The maximum atomic E-state index is 11.9. The molecule has 1 rings (SSSR count). The second-order valence-electron chi connectivity index (χ2n) is 6.47. The number of sulfone groups is 1. The Morgan fingerprint density at radius 1 is 1.24 bits per heavy atom. The zero-order chi connectivity index (χ0) is 15.2. The topological polar surface area (TPSA) is 89.3 Å². The SMILES string of the molecule is CC1(CNC(=O)C(N)CCS(C)(=O)=O)CCCCCC1.Cl. The first kappa shape index (κ1) is 20.7. The van der Waals surface area contributed by atoms with Gasteiger partial charge in [0.05, 0.1) is 11.8 Å². The molecule has 21 heavy (non-hydrogen) atoms. The van der Waals surface area contributed by atoms with Crippen molar-refractivity contribution in [1.29, 1.82) is 0 Å². The lowest BCUT2D eigenvalue weighted by Crippen LogP contribution is -2.45. The van der Waals surface area contributed by atoms with Gasteiger partial charge >= 0.3 is 0 Å². The summed E-state index contributed by atoms with van der Waals surface area (Å²) in [4.78, 5) is 11.9. The van der Waals surface area contributed by atoms with Crippen LogP contribution in [0.5, 0.6) is 0 Å². The Bertz CT molecular complexity index is 418. The van der Waals surface area contributed by atoms with Crippen LogP contribution in [-0.4, -0.2) is 38.9 Å². The molecule has 7 heteroatoms. The van der Waals surface area contributed by atoms with E-state index < -0.39 is 15.9 Å². The number of nitrogens with two attached hydrogens (primary N) is 1. The summed E-state index contributed by atoms with van der Waals surface area (Å²) >= 11 is 0. The molecular weight excluding hydrogens is 312 g/mol. The minimum atomic E-state index is -3.07. The Balaban J connectivity index is 0.00000400. The summed E-state index contributed by atoms with van der Waals surface area (Å²) in [5, 5.41) is 2.90. The fourth-order valence-electron chi connectivity index (χ4n) is 2.66. The van der Waals surface area contributed by atoms with E-state index in [0.29, 0.717) is 6.54 Å². The fraction of sp³-hybridized carbons (Fsp3) is 0.929. The minimum absolute atomic E-state index is 0. The standard InChI is InChI=1S/C14H28N2O3S.ClH/c1-14(8-5-3-4-6-9-14)11-16-13(17)12(15)7-10-20(2,18)19;/h12H,3-11,15H2,1-2H3,(H,16,17);1H. The van der Waals surface area contributed by atoms with E-state index in [1.54, 1.807) is 0 Å². The Hall–Kier alpha value is -0.330. The molecule has 3 N–H and O–H groups in total. The van der Waals surface area contributed by atoms with E-state index in [2.05, 4.69) is 12.2 Å². The van der Waals surface area contributed by atoms with E-state index in [-0.39, 0.29) is 35.9 Å². The van der Waals surface area contributed by atoms with Crippen LogP contribution in [0, 0.1) is 5.41 Å². The lowest BCUT2D eigenvalue weighted by Gasteiger charge is -2.29. The molecule has 0 spiro atoms. The van der Waals surface area contributed by atoms with Crippen molar-refractivity contribution in [2.75, 3.05) is 18.6 Å². The number of halogens is 1. The summed E-state index contributed by atoms with van der Waals surface area (Å²) in [6.07, 6.45) is 8.58. The van der Waals surface area contributed by atoms with Crippen LogP contribution in [-0.2, 0) is 14.6 Å². The average Bonchev–Trinajstić information content (AvgIpc) is 2.57. The highest BCUT2D eigenvalue weighted by atomic mass is 35.5. The zero-order valence-electron chi connectivity index (χ0n) is 13.1. The smallest absolute Gasteiger partial charge is 0.236 e. The van der Waals surface area contributed by atoms with Gasteiger partial charge < -0.3 is 11.1 Å². The first-order chi connectivity index (χ1) is 9.22. The summed E-state index contributed by atoms with van der Waals surface area (Å²) < 4.78 is 22.1. The molecule has 5 nitrogen and oxygen atoms in total. The first-order valence-electron chi connectivity index (χ1n) is 7.43. The van der Waals surface area contributed by atoms with E-state index in [1.807, 2.05) is 0 Å². The van der Waals surface area contributed by atoms with Crippen LogP contribution in [0.15, 0.2) is 0 Å². The predicted molar refractivity (Wildman–Crippen MR) is 88.4 cm³/mol. The highest BCUT2D eigenvalue weighted by Gasteiger charge is 2.27. The van der Waals surface area contributed by atoms with Gasteiger partial charge in [-0.1, -0.05) is 32.6 Å². The van der Waals surface area contributed by atoms with E-state index >= 15 is 0 Å². The number of nitrogens with one attached hydrogen (secondary N) is 1. The summed E-state index contributed by atoms with van der Waals surface area (Å²) in [5.41, 5.74) is 5.89. The van der Waals surface area contributed by atoms with Crippen molar-refractivity contribution >= 4 is 28.2 Å². The largest absolute Gasteiger partial charge is 0.354 e. The third-order valence-electron chi connectivity index (χ3n) is 4.14. The molecule has 1 aliphatic carbocycles. The second-order valence-corrected chi connectivity index (χ2v) is 8.73. The molecule has 0 heterocycles. The van der Waals surface area contributed by atoms with Crippen molar-refractivity contribution in [2.45, 2.75) is 57.9 Å². The number of hydrogen-bond donors (Lipinski definition) is 2. The monoisotopic (exact) mass is 340 g/mol. The van der Waals surface area contributed by atoms with Gasteiger partial charge in [0.2, 0.25) is 5.91 Å². The molecule has 1 unspecified atom stereocenters. The molecule has 1 saturated carbocycles. The number of carbonyl (C=O) groups excluding carboxylic acids is 1. The van der Waals surface area contributed by atoms with Gasteiger partial charge in [0.1, 0.15) is 9.84 Å². The van der Waals surface area contributed by atoms with Crippen LogP contribution < -0.4 is 11.1 Å². The van der Waals surface area contributed by atoms with Crippen molar-refractivity contribution in [1.82, 2.24) is 5.32 Å². The molecule has 1 amide bonds. The summed E-state index contributed by atoms with van der Waals surface area (Å²) in [6, 6.07) is -0.737. The van der Waals surface area contributed by atoms with E-state index in [1.165, 1.54) is 25.7 Å². The molecule has 0 radical (unpaired) electrons. The van der Waals surface area contributed by atoms with Crippen LogP contribution >= 0.6 is 12.4 Å². The molecule has 0 aromatic rings. The third kappa shape index (κ3) is 8.63. The van der Waals surface area contributed by atoms with E-state index in [4.69, 9.17) is 5.73 Å². The first-order valence-corrected chi connectivity index (χ1v) is 9.49. The van der Waals surface area contributed by atoms with Gasteiger partial charge in [-0.3, -0.25) is 4.79 Å². The lowest BCUT2D eigenvalue weighted by molar-refractivity contribution is -0.122. The van der Waals surface area contributed by atoms with Crippen LogP contribution in [0.25, 0.3) is 0 Å². The molecule has 0 aromatic carbocycles. The Labute approximate surface area is 134 Å². The average molecular weight is 341 g/mol. The van der Waals surface area contributed by atoms with Gasteiger partial charge in [-0.15, -0.1) is 12.4 Å². The van der Waals surface area contributed by atoms with Crippen molar-refractivity contribution in [3.63, 3.8) is 0 Å². The number of hydrogen-bond acceptors (Lipinski definition) is 4. The minimum Gasteiger partial charge on any atom is -0.354 e. The normalized spacial score (nSPS) is 20.0. The van der Waals surface area contributed by atoms with Gasteiger partial charge in [0.25, 0.3) is 0 Å². The molecule has 1 fully saturated rings. The molecule has 0 saturated heterocycles. The quantitative estimate of drug-likeness (QED) is 0.719. The molecule has 126 valence electrons. The van der Waals surface area contributed by atoms with Crippen molar-refractivity contribution in [3.8, 4) is 0 Å². The van der Waals surface area contributed by atoms with Crippen LogP contribution in [0.3, 0.4) is 0 Å². The highest BCUT2D eigenvalue weighted by Crippen LogP contribution is 2.33. The second kappa shape index (κ2) is 8.96. The van der Waals surface area contributed by atoms with Crippen LogP contribution in [0.2, 0.25) is 0 Å². The Morgan fingerprint density at radius 2 is 1.76 bits per heavy atom. The van der Waals surface area contributed by atoms with Gasteiger partial charge in [-0.25, -0.2) is 8.42 Å². The maximum absolute atomic E-state index is 11.9. The zero-order valence-corrected chi connectivity index (χ0v) is 14.7. The van der Waals surface area contributed by atoms with Gasteiger partial charge in [0.15, 0.2) is 0 Å². The van der Waals surface area contributed by atoms with Gasteiger partial charge in [-0.2, -0.15) is 0 Å². The number of rotatable bonds is 6. The summed E-state index contributed by atoms with van der Waals surface area (Å²) in [6.45, 7) is 2.85. The molecule has 1 aliphatic rings. The Kier molecular flexibility index (Phi) is 8.81. The highest BCUT2D eigenvalue weighted by molar-refractivity contribution is 7.90. The molecule has 1 atom stereocenters. The van der Waals surface area contributed by atoms with E-state index in [9.17, 15) is 13.2 Å². The van der Waals surface area contributed by atoms with Crippen LogP contribution in [0.4, 0.5) is 0 Å². The van der Waals surface area contributed by atoms with Gasteiger partial charge in [-0.05, 0) is 24.7 Å². The molecule has 0 bridgehead atoms. The summed E-state index contributed by atoms with van der Waals surface area (Å²) in [7, 11) is -3.07. The van der Waals surface area contributed by atoms with Crippen molar-refractivity contribution in [2.24, 2.45) is 11.1 Å². The maximum Gasteiger partial charge on any atom is 0.236 e.